The summed E-state index contributed by atoms with van der Waals surface area (Å²) in [6.45, 7) is 9.95. The predicted octanol–water partition coefficient (Wildman–Crippen LogP) is 1.76. The minimum absolute atomic E-state index is 0.103. The third-order valence-corrected chi connectivity index (χ3v) is 4.24. The molecule has 21 heavy (non-hydrogen) atoms. The molecule has 1 aromatic heterocycles. The Hall–Kier alpha value is -1.34. The fourth-order valence-corrected chi connectivity index (χ4v) is 3.29. The molecule has 0 unspecified atom stereocenters. The third kappa shape index (κ3) is 4.86. The molecule has 0 radical (unpaired) electrons. The zero-order chi connectivity index (χ0) is 15.5. The van der Waals surface area contributed by atoms with Gasteiger partial charge in [-0.25, -0.2) is 4.98 Å². The minimum atomic E-state index is -0.133. The van der Waals surface area contributed by atoms with Gasteiger partial charge in [-0.1, -0.05) is 11.3 Å². The quantitative estimate of drug-likeness (QED) is 0.772. The van der Waals surface area contributed by atoms with E-state index in [-0.39, 0.29) is 11.4 Å². The molecule has 0 saturated carbocycles. The number of thiazole rings is 1. The monoisotopic (exact) mass is 311 g/mol. The van der Waals surface area contributed by atoms with Gasteiger partial charge in [0.05, 0.1) is 0 Å². The topological polar surface area (TPSA) is 83.3 Å². The zero-order valence-electron chi connectivity index (χ0n) is 13.0. The van der Waals surface area contributed by atoms with Gasteiger partial charge in [0.25, 0.3) is 5.91 Å². The Morgan fingerprint density at radius 2 is 2.05 bits per heavy atom. The number of amides is 1. The zero-order valence-corrected chi connectivity index (χ0v) is 13.8. The first-order valence-electron chi connectivity index (χ1n) is 7.40. The van der Waals surface area contributed by atoms with Crippen LogP contribution in [0.2, 0.25) is 0 Å². The Balaban J connectivity index is 1.86. The fraction of sp³-hybridized carbons (Fsp3) is 0.714. The van der Waals surface area contributed by atoms with E-state index in [0.29, 0.717) is 22.4 Å². The molecule has 7 heteroatoms. The van der Waals surface area contributed by atoms with Crippen LogP contribution < -0.4 is 16.4 Å². The summed E-state index contributed by atoms with van der Waals surface area (Å²) >= 11 is 1.30. The van der Waals surface area contributed by atoms with Crippen molar-refractivity contribution in [3.05, 3.63) is 4.88 Å². The van der Waals surface area contributed by atoms with Gasteiger partial charge in [-0.05, 0) is 46.7 Å². The van der Waals surface area contributed by atoms with Crippen molar-refractivity contribution < 1.29 is 4.79 Å². The number of nitrogens with one attached hydrogen (secondary N) is 2. The molecule has 1 saturated heterocycles. The molecule has 4 N–H and O–H groups in total. The molecule has 2 heterocycles. The van der Waals surface area contributed by atoms with Crippen LogP contribution >= 0.6 is 11.3 Å². The standard InChI is InChI=1S/C14H25N5OS/c1-14(2,3)18-13-17-11(15)10(21-13)12(20)16-6-9-19-7-4-5-8-19/h4-9,15H2,1-3H3,(H,16,20)(H,17,18). The smallest absolute Gasteiger partial charge is 0.265 e. The van der Waals surface area contributed by atoms with Crippen LogP contribution in [-0.2, 0) is 0 Å². The Kier molecular flexibility index (Phi) is 5.05. The molecule has 0 atom stereocenters. The number of carbonyl (C=O) groups excluding carboxylic acids is 1. The Bertz CT molecular complexity index is 488. The highest BCUT2D eigenvalue weighted by Crippen LogP contribution is 2.27. The van der Waals surface area contributed by atoms with E-state index in [1.165, 1.54) is 24.2 Å². The van der Waals surface area contributed by atoms with E-state index in [9.17, 15) is 4.79 Å². The highest BCUT2D eigenvalue weighted by atomic mass is 32.1. The Morgan fingerprint density at radius 1 is 1.38 bits per heavy atom. The van der Waals surface area contributed by atoms with Crippen molar-refractivity contribution in [3.63, 3.8) is 0 Å². The van der Waals surface area contributed by atoms with Crippen molar-refractivity contribution in [2.24, 2.45) is 0 Å². The number of carbonyl (C=O) groups is 1. The maximum atomic E-state index is 12.2. The third-order valence-electron chi connectivity index (χ3n) is 3.25. The minimum Gasteiger partial charge on any atom is -0.382 e. The molecule has 6 nitrogen and oxygen atoms in total. The van der Waals surface area contributed by atoms with Gasteiger partial charge in [-0.3, -0.25) is 4.79 Å². The van der Waals surface area contributed by atoms with Crippen molar-refractivity contribution in [1.29, 1.82) is 0 Å². The van der Waals surface area contributed by atoms with Crippen molar-refractivity contribution >= 4 is 28.2 Å². The number of likely N-dealkylation sites (tertiary alicyclic amines) is 1. The molecule has 0 bridgehead atoms. The summed E-state index contributed by atoms with van der Waals surface area (Å²) in [6, 6.07) is 0. The van der Waals surface area contributed by atoms with E-state index in [0.717, 1.165) is 19.6 Å². The average Bonchev–Trinajstić information content (AvgIpc) is 2.97. The van der Waals surface area contributed by atoms with E-state index in [1.54, 1.807) is 0 Å². The van der Waals surface area contributed by atoms with Crippen LogP contribution in [0.25, 0.3) is 0 Å². The molecule has 1 amide bonds. The van der Waals surface area contributed by atoms with Gasteiger partial charge in [0.15, 0.2) is 5.13 Å². The summed E-state index contributed by atoms with van der Waals surface area (Å²) < 4.78 is 0. The summed E-state index contributed by atoms with van der Waals surface area (Å²) in [5.41, 5.74) is 5.74. The van der Waals surface area contributed by atoms with Crippen LogP contribution in [0.5, 0.6) is 0 Å². The predicted molar refractivity (Wildman–Crippen MR) is 87.9 cm³/mol. The van der Waals surface area contributed by atoms with Gasteiger partial charge >= 0.3 is 0 Å². The maximum Gasteiger partial charge on any atom is 0.265 e. The Morgan fingerprint density at radius 3 is 2.67 bits per heavy atom. The molecular weight excluding hydrogens is 286 g/mol. The number of hydrogen-bond acceptors (Lipinski definition) is 6. The number of aromatic nitrogens is 1. The number of anilines is 2. The summed E-state index contributed by atoms with van der Waals surface area (Å²) in [7, 11) is 0. The molecule has 1 aliphatic heterocycles. The molecular formula is C14H25N5OS. The van der Waals surface area contributed by atoms with E-state index >= 15 is 0 Å². The maximum absolute atomic E-state index is 12.2. The summed E-state index contributed by atoms with van der Waals surface area (Å²) in [5.74, 6) is 0.163. The second-order valence-electron chi connectivity index (χ2n) is 6.41. The second-order valence-corrected chi connectivity index (χ2v) is 7.41. The summed E-state index contributed by atoms with van der Waals surface area (Å²) in [6.07, 6.45) is 2.52. The van der Waals surface area contributed by atoms with Crippen LogP contribution in [0.3, 0.4) is 0 Å². The van der Waals surface area contributed by atoms with Crippen LogP contribution in [0.4, 0.5) is 10.9 Å². The summed E-state index contributed by atoms with van der Waals surface area (Å²) in [4.78, 5) is 19.2. The van der Waals surface area contributed by atoms with E-state index in [4.69, 9.17) is 5.73 Å². The highest BCUT2D eigenvalue weighted by Gasteiger charge is 2.19. The van der Waals surface area contributed by atoms with Crippen molar-refractivity contribution in [2.75, 3.05) is 37.2 Å². The lowest BCUT2D eigenvalue weighted by atomic mass is 10.1. The normalized spacial score (nSPS) is 16.1. The first kappa shape index (κ1) is 16.0. The van der Waals surface area contributed by atoms with Crippen molar-refractivity contribution in [1.82, 2.24) is 15.2 Å². The van der Waals surface area contributed by atoms with Gasteiger partial charge in [-0.15, -0.1) is 0 Å². The first-order valence-corrected chi connectivity index (χ1v) is 8.22. The molecule has 1 aromatic rings. The number of nitrogens with two attached hydrogens (primary N) is 1. The SMILES string of the molecule is CC(C)(C)Nc1nc(N)c(C(=O)NCCN2CCCC2)s1. The van der Waals surface area contributed by atoms with Crippen LogP contribution in [-0.4, -0.2) is 47.5 Å². The number of hydrogen-bond donors (Lipinski definition) is 3. The van der Waals surface area contributed by atoms with Crippen LogP contribution in [0, 0.1) is 0 Å². The Labute approximate surface area is 130 Å². The highest BCUT2D eigenvalue weighted by molar-refractivity contribution is 7.18. The lowest BCUT2D eigenvalue weighted by Crippen LogP contribution is -2.33. The lowest BCUT2D eigenvalue weighted by Gasteiger charge is -2.19. The largest absolute Gasteiger partial charge is 0.382 e. The number of nitrogens with zero attached hydrogens (tertiary/aromatic N) is 2. The van der Waals surface area contributed by atoms with Gasteiger partial charge in [-0.2, -0.15) is 0 Å². The van der Waals surface area contributed by atoms with Crippen molar-refractivity contribution in [2.45, 2.75) is 39.2 Å². The molecule has 2 rings (SSSR count). The lowest BCUT2D eigenvalue weighted by molar-refractivity contribution is 0.0954. The molecule has 1 fully saturated rings. The van der Waals surface area contributed by atoms with Gasteiger partial charge in [0, 0.05) is 18.6 Å². The van der Waals surface area contributed by atoms with Crippen LogP contribution in [0.1, 0.15) is 43.3 Å². The summed E-state index contributed by atoms with van der Waals surface area (Å²) in [5, 5.41) is 6.85. The van der Waals surface area contributed by atoms with Crippen LogP contribution in [0.15, 0.2) is 0 Å². The second kappa shape index (κ2) is 6.62. The van der Waals surface area contributed by atoms with Gasteiger partial charge in [0.1, 0.15) is 10.7 Å². The van der Waals surface area contributed by atoms with E-state index in [2.05, 4.69) is 20.5 Å². The molecule has 1 aliphatic rings. The molecule has 0 aromatic carbocycles. The number of rotatable bonds is 5. The molecule has 118 valence electrons. The fourth-order valence-electron chi connectivity index (χ4n) is 2.28. The van der Waals surface area contributed by atoms with Gasteiger partial charge < -0.3 is 21.3 Å². The molecule has 0 aliphatic carbocycles. The molecule has 0 spiro atoms. The van der Waals surface area contributed by atoms with E-state index in [1.807, 2.05) is 20.8 Å². The van der Waals surface area contributed by atoms with Crippen molar-refractivity contribution in [3.8, 4) is 0 Å². The van der Waals surface area contributed by atoms with E-state index < -0.39 is 0 Å². The van der Waals surface area contributed by atoms with Gasteiger partial charge in [0.2, 0.25) is 0 Å². The number of nitrogen functional groups attached to an aromatic ring is 1. The first-order chi connectivity index (χ1) is 9.85. The average molecular weight is 311 g/mol.